The van der Waals surface area contributed by atoms with Gasteiger partial charge in [0.2, 0.25) is 5.91 Å². The third-order valence-corrected chi connectivity index (χ3v) is 6.08. The summed E-state index contributed by atoms with van der Waals surface area (Å²) in [7, 11) is 0. The van der Waals surface area contributed by atoms with Gasteiger partial charge in [0.1, 0.15) is 0 Å². The largest absolute Gasteiger partial charge is 0.313 e. The van der Waals surface area contributed by atoms with Crippen LogP contribution in [0.5, 0.6) is 0 Å². The normalized spacial score (nSPS) is 16.8. The molecule has 4 nitrogen and oxygen atoms in total. The van der Waals surface area contributed by atoms with E-state index in [1.165, 1.54) is 40.8 Å². The van der Waals surface area contributed by atoms with E-state index in [4.69, 9.17) is 16.7 Å². The van der Waals surface area contributed by atoms with Crippen LogP contribution in [0.1, 0.15) is 35.3 Å². The number of thiophene rings is 1. The van der Waals surface area contributed by atoms with E-state index in [2.05, 4.69) is 23.5 Å². The lowest BCUT2D eigenvalue weighted by molar-refractivity contribution is -0.117. The number of amides is 1. The van der Waals surface area contributed by atoms with Crippen molar-refractivity contribution in [2.24, 2.45) is 5.14 Å². The van der Waals surface area contributed by atoms with Gasteiger partial charge in [-0.05, 0) is 72.7 Å². The standard InChI is InChI=1S/C14H18N2O.C6H6ClNS2/c17-14-4-2-8-16(14)13-6-5-12-10-15-7-1-3-11(12)9-13;7-6-2-1-5(10-6)3-4-9-8/h5-6,9,15H,1-4,7-8,10H2;1-4H,8H2/b;4-3+. The maximum absolute atomic E-state index is 11.7. The van der Waals surface area contributed by atoms with E-state index in [9.17, 15) is 4.79 Å². The summed E-state index contributed by atoms with van der Waals surface area (Å²) in [5.74, 6) is 0.275. The van der Waals surface area contributed by atoms with Crippen molar-refractivity contribution >= 4 is 52.6 Å². The van der Waals surface area contributed by atoms with Gasteiger partial charge in [0.15, 0.2) is 0 Å². The van der Waals surface area contributed by atoms with Crippen molar-refractivity contribution in [3.63, 3.8) is 0 Å². The molecule has 1 aromatic heterocycles. The number of fused-ring (bicyclic) bond motifs is 1. The van der Waals surface area contributed by atoms with Gasteiger partial charge in [-0.1, -0.05) is 29.6 Å². The number of anilines is 1. The summed E-state index contributed by atoms with van der Waals surface area (Å²) in [6.45, 7) is 2.94. The van der Waals surface area contributed by atoms with Gasteiger partial charge in [0, 0.05) is 30.1 Å². The molecule has 3 N–H and O–H groups in total. The van der Waals surface area contributed by atoms with Gasteiger partial charge in [-0.2, -0.15) is 0 Å². The number of hydrogen-bond acceptors (Lipinski definition) is 5. The van der Waals surface area contributed by atoms with Crippen LogP contribution >= 0.6 is 34.9 Å². The maximum Gasteiger partial charge on any atom is 0.227 e. The molecule has 0 aliphatic carbocycles. The molecule has 1 aromatic carbocycles. The van der Waals surface area contributed by atoms with E-state index in [0.717, 1.165) is 47.4 Å². The molecule has 0 spiro atoms. The summed E-state index contributed by atoms with van der Waals surface area (Å²) >= 11 is 8.41. The van der Waals surface area contributed by atoms with Gasteiger partial charge in [-0.15, -0.1) is 11.3 Å². The zero-order valence-electron chi connectivity index (χ0n) is 15.1. The van der Waals surface area contributed by atoms with E-state index >= 15 is 0 Å². The van der Waals surface area contributed by atoms with Crippen LogP contribution in [0.3, 0.4) is 0 Å². The van der Waals surface area contributed by atoms with E-state index in [0.29, 0.717) is 6.42 Å². The highest BCUT2D eigenvalue weighted by molar-refractivity contribution is 8.00. The van der Waals surface area contributed by atoms with Crippen molar-refractivity contribution in [2.75, 3.05) is 18.0 Å². The smallest absolute Gasteiger partial charge is 0.227 e. The van der Waals surface area contributed by atoms with E-state index in [-0.39, 0.29) is 5.91 Å². The zero-order valence-corrected chi connectivity index (χ0v) is 17.5. The molecule has 0 atom stereocenters. The minimum absolute atomic E-state index is 0.275. The lowest BCUT2D eigenvalue weighted by atomic mass is 10.0. The lowest BCUT2D eigenvalue weighted by Crippen LogP contribution is -2.23. The van der Waals surface area contributed by atoms with Crippen LogP contribution in [0, 0.1) is 0 Å². The van der Waals surface area contributed by atoms with E-state index < -0.39 is 0 Å². The Balaban J connectivity index is 0.000000180. The molecule has 2 aliphatic rings. The number of halogens is 1. The zero-order chi connectivity index (χ0) is 19.1. The molecule has 2 aliphatic heterocycles. The minimum Gasteiger partial charge on any atom is -0.313 e. The Bertz CT molecular complexity index is 806. The van der Waals surface area contributed by atoms with Gasteiger partial charge in [-0.25, -0.2) is 0 Å². The van der Waals surface area contributed by atoms with Crippen molar-refractivity contribution in [3.05, 3.63) is 56.1 Å². The Morgan fingerprint density at radius 3 is 2.78 bits per heavy atom. The lowest BCUT2D eigenvalue weighted by Gasteiger charge is -2.17. The fourth-order valence-electron chi connectivity index (χ4n) is 3.26. The first-order chi connectivity index (χ1) is 13.2. The van der Waals surface area contributed by atoms with Crippen LogP contribution in [0.25, 0.3) is 6.08 Å². The van der Waals surface area contributed by atoms with Gasteiger partial charge in [-0.3, -0.25) is 9.93 Å². The topological polar surface area (TPSA) is 58.4 Å². The number of aryl methyl sites for hydroxylation is 1. The van der Waals surface area contributed by atoms with Gasteiger partial charge in [0.25, 0.3) is 0 Å². The molecule has 0 radical (unpaired) electrons. The van der Waals surface area contributed by atoms with Crippen molar-refractivity contribution in [2.45, 2.75) is 32.2 Å². The van der Waals surface area contributed by atoms with E-state index in [1.54, 1.807) is 0 Å². The quantitative estimate of drug-likeness (QED) is 0.697. The summed E-state index contributed by atoms with van der Waals surface area (Å²) in [6.07, 6.45) is 5.94. The summed E-state index contributed by atoms with van der Waals surface area (Å²) in [6, 6.07) is 10.3. The number of carbonyl (C=O) groups excluding carboxylic acids is 1. The second-order valence-corrected chi connectivity index (χ2v) is 8.75. The summed E-state index contributed by atoms with van der Waals surface area (Å²) in [4.78, 5) is 14.8. The molecule has 2 aromatic rings. The molecule has 144 valence electrons. The van der Waals surface area contributed by atoms with Crippen molar-refractivity contribution in [1.29, 1.82) is 0 Å². The predicted molar refractivity (Wildman–Crippen MR) is 118 cm³/mol. The number of nitrogens with one attached hydrogen (secondary N) is 1. The predicted octanol–water partition coefficient (Wildman–Crippen LogP) is 4.83. The Morgan fingerprint density at radius 2 is 2.07 bits per heavy atom. The third kappa shape index (κ3) is 5.83. The highest BCUT2D eigenvalue weighted by Gasteiger charge is 2.22. The van der Waals surface area contributed by atoms with Crippen LogP contribution in [0.15, 0.2) is 35.7 Å². The molecule has 4 rings (SSSR count). The molecule has 0 saturated carbocycles. The average molecular weight is 422 g/mol. The molecule has 3 heterocycles. The second kappa shape index (κ2) is 10.3. The summed E-state index contributed by atoms with van der Waals surface area (Å²) in [5, 5.41) is 10.4. The molecule has 0 unspecified atom stereocenters. The Morgan fingerprint density at radius 1 is 1.19 bits per heavy atom. The first kappa shape index (κ1) is 20.4. The number of carbonyl (C=O) groups is 1. The van der Waals surface area contributed by atoms with Crippen molar-refractivity contribution in [3.8, 4) is 0 Å². The van der Waals surface area contributed by atoms with Crippen molar-refractivity contribution in [1.82, 2.24) is 5.32 Å². The van der Waals surface area contributed by atoms with Gasteiger partial charge >= 0.3 is 0 Å². The third-order valence-electron chi connectivity index (χ3n) is 4.59. The average Bonchev–Trinajstić information content (AvgIpc) is 3.21. The van der Waals surface area contributed by atoms with Crippen LogP contribution in [-0.4, -0.2) is 19.0 Å². The van der Waals surface area contributed by atoms with Crippen LogP contribution in [0.2, 0.25) is 4.34 Å². The van der Waals surface area contributed by atoms with Crippen LogP contribution in [-0.2, 0) is 17.8 Å². The van der Waals surface area contributed by atoms with Gasteiger partial charge in [0.05, 0.1) is 4.34 Å². The second-order valence-electron chi connectivity index (χ2n) is 6.46. The molecule has 0 bridgehead atoms. The van der Waals surface area contributed by atoms with Gasteiger partial charge < -0.3 is 10.2 Å². The summed E-state index contributed by atoms with van der Waals surface area (Å²) in [5.41, 5.74) is 3.89. The molecule has 1 fully saturated rings. The molecule has 1 saturated heterocycles. The molecule has 1 amide bonds. The molecule has 27 heavy (non-hydrogen) atoms. The first-order valence-electron chi connectivity index (χ1n) is 9.07. The highest BCUT2D eigenvalue weighted by atomic mass is 35.5. The number of nitrogens with zero attached hydrogens (tertiary/aromatic N) is 1. The number of nitrogens with two attached hydrogens (primary N) is 1. The Kier molecular flexibility index (Phi) is 7.79. The monoisotopic (exact) mass is 421 g/mol. The number of hydrogen-bond donors (Lipinski definition) is 2. The van der Waals surface area contributed by atoms with Crippen LogP contribution in [0.4, 0.5) is 5.69 Å². The first-order valence-corrected chi connectivity index (χ1v) is 11.2. The number of benzene rings is 1. The Labute approximate surface area is 173 Å². The molecule has 7 heteroatoms. The SMILES string of the molecule is NS/C=C/c1ccc(Cl)s1.O=C1CCCN1c1ccc2c(c1)CCCNC2. The fourth-order valence-corrected chi connectivity index (χ4v) is 4.53. The maximum atomic E-state index is 11.7. The Hall–Kier alpha value is -1.31. The summed E-state index contributed by atoms with van der Waals surface area (Å²) < 4.78 is 0.807. The number of rotatable bonds is 3. The molecular formula is C20H24ClN3OS2. The minimum atomic E-state index is 0.275. The van der Waals surface area contributed by atoms with Crippen molar-refractivity contribution < 1.29 is 4.79 Å². The van der Waals surface area contributed by atoms with Crippen LogP contribution < -0.4 is 15.4 Å². The van der Waals surface area contributed by atoms with E-state index in [1.807, 2.05) is 28.5 Å². The molecular weight excluding hydrogens is 398 g/mol. The highest BCUT2D eigenvalue weighted by Crippen LogP contribution is 2.26. The fraction of sp³-hybridized carbons (Fsp3) is 0.350.